The highest BCUT2D eigenvalue weighted by atomic mass is 16.6. The summed E-state index contributed by atoms with van der Waals surface area (Å²) in [4.78, 5) is 10.5. The van der Waals surface area contributed by atoms with Gasteiger partial charge in [0.05, 0.1) is 4.92 Å². The van der Waals surface area contributed by atoms with E-state index in [9.17, 15) is 10.1 Å². The topological polar surface area (TPSA) is 52.4 Å². The summed E-state index contributed by atoms with van der Waals surface area (Å²) in [5.41, 5.74) is 3.68. The van der Waals surface area contributed by atoms with Gasteiger partial charge in [-0.25, -0.2) is 0 Å². The summed E-state index contributed by atoms with van der Waals surface area (Å²) in [6.07, 6.45) is 1.58. The summed E-state index contributed by atoms with van der Waals surface area (Å²) in [5, 5.41) is 10.9. The molecule has 0 spiro atoms. The quantitative estimate of drug-likeness (QED) is 0.133. The summed E-state index contributed by atoms with van der Waals surface area (Å²) in [6, 6.07) is 37.7. The fourth-order valence-corrected chi connectivity index (χ4v) is 4.05. The highest BCUT2D eigenvalue weighted by molar-refractivity contribution is 5.47. The van der Waals surface area contributed by atoms with E-state index in [1.54, 1.807) is 12.1 Å². The molecule has 0 unspecified atom stereocenters. The summed E-state index contributed by atoms with van der Waals surface area (Å²) in [7, 11) is 0. The van der Waals surface area contributed by atoms with Crippen LogP contribution in [0.5, 0.6) is 0 Å². The van der Waals surface area contributed by atoms with Crippen molar-refractivity contribution in [3.63, 3.8) is 0 Å². The van der Waals surface area contributed by atoms with Crippen molar-refractivity contribution in [2.24, 2.45) is 0 Å². The number of rotatable bonds is 9. The first-order valence-electron chi connectivity index (χ1n) is 10.7. The Hall–Kier alpha value is -3.76. The maximum atomic E-state index is 10.9. The molecule has 4 aromatic rings. The van der Waals surface area contributed by atoms with Crippen LogP contribution < -0.4 is 0 Å². The van der Waals surface area contributed by atoms with Crippen molar-refractivity contribution in [2.45, 2.75) is 18.4 Å². The smallest absolute Gasteiger partial charge is 0.269 e. The predicted octanol–water partition coefficient (Wildman–Crippen LogP) is 6.54. The molecule has 32 heavy (non-hydrogen) atoms. The number of benzene rings is 4. The molecule has 0 bridgehead atoms. The highest BCUT2D eigenvalue weighted by Gasteiger charge is 2.37. The van der Waals surface area contributed by atoms with E-state index in [1.165, 1.54) is 0 Å². The summed E-state index contributed by atoms with van der Waals surface area (Å²) >= 11 is 0. The van der Waals surface area contributed by atoms with E-state index in [0.29, 0.717) is 6.61 Å². The molecule has 0 amide bonds. The van der Waals surface area contributed by atoms with Gasteiger partial charge < -0.3 is 4.74 Å². The third-order valence-electron chi connectivity index (χ3n) is 5.62. The number of nitro groups is 1. The maximum Gasteiger partial charge on any atom is 0.269 e. The van der Waals surface area contributed by atoms with Gasteiger partial charge >= 0.3 is 0 Å². The summed E-state index contributed by atoms with van der Waals surface area (Å²) < 4.78 is 6.76. The minimum absolute atomic E-state index is 0.112. The zero-order chi connectivity index (χ0) is 22.2. The van der Waals surface area contributed by atoms with Gasteiger partial charge in [0.25, 0.3) is 5.69 Å². The van der Waals surface area contributed by atoms with Crippen molar-refractivity contribution in [3.8, 4) is 0 Å². The van der Waals surface area contributed by atoms with E-state index in [-0.39, 0.29) is 10.6 Å². The second-order valence-corrected chi connectivity index (χ2v) is 7.65. The average Bonchev–Trinajstić information content (AvgIpc) is 2.86. The Kier molecular flexibility index (Phi) is 6.73. The SMILES string of the molecule is O=[N+]([O-])c1ccc(CCCOC(c2ccccc2)(c2ccccc2)c2ccccc2)cc1. The number of ether oxygens (including phenoxy) is 1. The number of nitro benzene ring substituents is 1. The van der Waals surface area contributed by atoms with Crippen LogP contribution >= 0.6 is 0 Å². The van der Waals surface area contributed by atoms with Gasteiger partial charge in [0.1, 0.15) is 5.60 Å². The number of aryl methyl sites for hydroxylation is 1. The molecule has 160 valence electrons. The molecular weight excluding hydrogens is 398 g/mol. The van der Waals surface area contributed by atoms with E-state index in [4.69, 9.17) is 4.74 Å². The lowest BCUT2D eigenvalue weighted by Crippen LogP contribution is -2.33. The van der Waals surface area contributed by atoms with E-state index in [0.717, 1.165) is 35.1 Å². The molecule has 0 fully saturated rings. The van der Waals surface area contributed by atoms with Crippen LogP contribution in [0.25, 0.3) is 0 Å². The fourth-order valence-electron chi connectivity index (χ4n) is 4.05. The number of non-ortho nitro benzene ring substituents is 1. The molecule has 0 saturated heterocycles. The Morgan fingerprint density at radius 2 is 1.09 bits per heavy atom. The van der Waals surface area contributed by atoms with E-state index >= 15 is 0 Å². The minimum Gasteiger partial charge on any atom is -0.361 e. The van der Waals surface area contributed by atoms with E-state index in [2.05, 4.69) is 36.4 Å². The van der Waals surface area contributed by atoms with Crippen LogP contribution in [0.15, 0.2) is 115 Å². The Balaban J connectivity index is 1.62. The maximum absolute atomic E-state index is 10.9. The second-order valence-electron chi connectivity index (χ2n) is 7.65. The van der Waals surface area contributed by atoms with Gasteiger partial charge in [0.15, 0.2) is 0 Å². The summed E-state index contributed by atoms with van der Waals surface area (Å²) in [6.45, 7) is 0.537. The molecule has 0 atom stereocenters. The molecule has 4 aromatic carbocycles. The number of nitrogens with zero attached hydrogens (tertiary/aromatic N) is 1. The highest BCUT2D eigenvalue weighted by Crippen LogP contribution is 2.40. The van der Waals surface area contributed by atoms with Crippen LogP contribution in [-0.2, 0) is 16.8 Å². The van der Waals surface area contributed by atoms with Crippen LogP contribution in [0.4, 0.5) is 5.69 Å². The second kappa shape index (κ2) is 10.0. The van der Waals surface area contributed by atoms with Gasteiger partial charge in [0, 0.05) is 18.7 Å². The zero-order valence-corrected chi connectivity index (χ0v) is 17.8. The standard InChI is InChI=1S/C28H25NO3/c30-29(31)27-20-18-23(19-21-27)11-10-22-32-28(24-12-4-1-5-13-24,25-14-6-2-7-15-25)26-16-8-3-9-17-26/h1-9,12-21H,10-11,22H2. The van der Waals surface area contributed by atoms with Crippen LogP contribution in [0.2, 0.25) is 0 Å². The average molecular weight is 424 g/mol. The lowest BCUT2D eigenvalue weighted by atomic mass is 9.80. The Morgan fingerprint density at radius 3 is 1.50 bits per heavy atom. The molecular formula is C28H25NO3. The predicted molar refractivity (Wildman–Crippen MR) is 127 cm³/mol. The first kappa shape index (κ1) is 21.5. The van der Waals surface area contributed by atoms with E-state index in [1.807, 2.05) is 66.7 Å². The molecule has 0 radical (unpaired) electrons. The molecule has 0 aromatic heterocycles. The number of hydrogen-bond donors (Lipinski definition) is 0. The third kappa shape index (κ3) is 4.61. The first-order valence-corrected chi connectivity index (χ1v) is 10.7. The third-order valence-corrected chi connectivity index (χ3v) is 5.62. The summed E-state index contributed by atoms with van der Waals surface area (Å²) in [5.74, 6) is 0. The monoisotopic (exact) mass is 423 g/mol. The molecule has 4 rings (SSSR count). The first-order chi connectivity index (χ1) is 15.7. The van der Waals surface area contributed by atoms with E-state index < -0.39 is 5.60 Å². The van der Waals surface area contributed by atoms with Crippen LogP contribution in [0.1, 0.15) is 28.7 Å². The van der Waals surface area contributed by atoms with Gasteiger partial charge in [-0.15, -0.1) is 0 Å². The molecule has 0 saturated carbocycles. The molecule has 4 heteroatoms. The van der Waals surface area contributed by atoms with Gasteiger partial charge in [-0.3, -0.25) is 10.1 Å². The molecule has 0 aliphatic heterocycles. The fraction of sp³-hybridized carbons (Fsp3) is 0.143. The van der Waals surface area contributed by atoms with Crippen molar-refractivity contribution in [3.05, 3.63) is 148 Å². The normalized spacial score (nSPS) is 11.2. The lowest BCUT2D eigenvalue weighted by Gasteiger charge is -2.36. The van der Waals surface area contributed by atoms with Crippen LogP contribution in [0, 0.1) is 10.1 Å². The van der Waals surface area contributed by atoms with Crippen LogP contribution in [-0.4, -0.2) is 11.5 Å². The molecule has 0 aliphatic carbocycles. The molecule has 0 heterocycles. The van der Waals surface area contributed by atoms with Crippen molar-refractivity contribution in [1.82, 2.24) is 0 Å². The molecule has 4 nitrogen and oxygen atoms in total. The lowest BCUT2D eigenvalue weighted by molar-refractivity contribution is -0.384. The molecule has 0 N–H and O–H groups in total. The van der Waals surface area contributed by atoms with Crippen molar-refractivity contribution in [1.29, 1.82) is 0 Å². The Morgan fingerprint density at radius 1 is 0.656 bits per heavy atom. The number of hydrogen-bond acceptors (Lipinski definition) is 3. The Bertz CT molecular complexity index is 1030. The van der Waals surface area contributed by atoms with Gasteiger partial charge in [-0.1, -0.05) is 103 Å². The largest absolute Gasteiger partial charge is 0.361 e. The molecule has 0 aliphatic rings. The van der Waals surface area contributed by atoms with Crippen molar-refractivity contribution in [2.75, 3.05) is 6.61 Å². The van der Waals surface area contributed by atoms with Gasteiger partial charge in [-0.05, 0) is 35.1 Å². The Labute approximate surface area is 188 Å². The van der Waals surface area contributed by atoms with Gasteiger partial charge in [-0.2, -0.15) is 0 Å². The van der Waals surface area contributed by atoms with Gasteiger partial charge in [0.2, 0.25) is 0 Å². The van der Waals surface area contributed by atoms with Crippen LogP contribution in [0.3, 0.4) is 0 Å². The minimum atomic E-state index is -0.723. The zero-order valence-electron chi connectivity index (χ0n) is 17.8. The van der Waals surface area contributed by atoms with Crippen molar-refractivity contribution >= 4 is 5.69 Å². The van der Waals surface area contributed by atoms with Crippen molar-refractivity contribution < 1.29 is 9.66 Å².